The third-order valence-electron chi connectivity index (χ3n) is 5.33. The normalized spacial score (nSPS) is 15.4. The van der Waals surface area contributed by atoms with Crippen LogP contribution >= 0.6 is 0 Å². The van der Waals surface area contributed by atoms with Crippen LogP contribution in [0.1, 0.15) is 54.0 Å². The van der Waals surface area contributed by atoms with Gasteiger partial charge < -0.3 is 4.57 Å². The van der Waals surface area contributed by atoms with Gasteiger partial charge in [0.05, 0.1) is 11.1 Å². The van der Waals surface area contributed by atoms with Crippen molar-refractivity contribution in [3.8, 4) is 0 Å². The number of rotatable bonds is 7. The average molecular weight is 431 g/mol. The number of aromatic nitrogens is 1. The first-order valence-electron chi connectivity index (χ1n) is 10.3. The molecule has 0 aliphatic carbocycles. The number of nitrogens with one attached hydrogen (secondary N) is 1. The summed E-state index contributed by atoms with van der Waals surface area (Å²) in [6.07, 6.45) is 3.36. The Labute approximate surface area is 178 Å². The number of hydrogen-bond donors (Lipinski definition) is 1. The molecule has 30 heavy (non-hydrogen) atoms. The van der Waals surface area contributed by atoms with Gasteiger partial charge in [-0.15, -0.1) is 0 Å². The molecule has 1 N–H and O–H groups in total. The van der Waals surface area contributed by atoms with Gasteiger partial charge in [0.25, 0.3) is 5.91 Å². The molecule has 2 heterocycles. The Bertz CT molecular complexity index is 1050. The molecular formula is C22H30N4O3S. The summed E-state index contributed by atoms with van der Waals surface area (Å²) >= 11 is 0. The molecule has 0 spiro atoms. The first-order chi connectivity index (χ1) is 14.2. The predicted octanol–water partition coefficient (Wildman–Crippen LogP) is 3.31. The second-order valence-electron chi connectivity index (χ2n) is 8.17. The summed E-state index contributed by atoms with van der Waals surface area (Å²) in [4.78, 5) is 12.6. The fourth-order valence-corrected chi connectivity index (χ4v) is 5.27. The molecular weight excluding hydrogens is 400 g/mol. The van der Waals surface area contributed by atoms with Crippen molar-refractivity contribution in [1.82, 2.24) is 14.3 Å². The maximum Gasteiger partial charge on any atom is 0.271 e. The van der Waals surface area contributed by atoms with Crippen LogP contribution in [0, 0.1) is 19.8 Å². The van der Waals surface area contributed by atoms with Gasteiger partial charge in [-0.05, 0) is 56.9 Å². The molecule has 0 radical (unpaired) electrons. The number of nitrogens with zero attached hydrogens (tertiary/aromatic N) is 3. The van der Waals surface area contributed by atoms with Gasteiger partial charge in [0.2, 0.25) is 10.0 Å². The molecule has 1 aliphatic heterocycles. The molecule has 1 amide bonds. The summed E-state index contributed by atoms with van der Waals surface area (Å²) in [7, 11) is -3.56. The molecule has 7 nitrogen and oxygen atoms in total. The van der Waals surface area contributed by atoms with Crippen LogP contribution in [0.4, 0.5) is 0 Å². The summed E-state index contributed by atoms with van der Waals surface area (Å²) in [5.74, 6) is 0.0871. The smallest absolute Gasteiger partial charge is 0.271 e. The maximum absolute atomic E-state index is 12.7. The van der Waals surface area contributed by atoms with Gasteiger partial charge in [0.1, 0.15) is 0 Å². The van der Waals surface area contributed by atoms with Crippen molar-refractivity contribution in [2.24, 2.45) is 11.0 Å². The van der Waals surface area contributed by atoms with E-state index in [-0.39, 0.29) is 10.5 Å². The Kier molecular flexibility index (Phi) is 6.77. The fraction of sp³-hybridized carbons (Fsp3) is 0.455. The molecule has 1 fully saturated rings. The molecule has 0 unspecified atom stereocenters. The molecule has 1 aliphatic rings. The minimum atomic E-state index is -3.56. The Hall–Kier alpha value is -2.45. The predicted molar refractivity (Wildman–Crippen MR) is 118 cm³/mol. The van der Waals surface area contributed by atoms with Crippen molar-refractivity contribution >= 4 is 22.1 Å². The molecule has 3 rings (SSSR count). The monoisotopic (exact) mass is 430 g/mol. The SMILES string of the molecule is Cc1cc(/C=N/NC(=O)c2cccc(S(=O)(=O)N3CCCC3)c2)c(C)n1CC(C)C. The van der Waals surface area contributed by atoms with Gasteiger partial charge in [-0.3, -0.25) is 4.79 Å². The zero-order chi connectivity index (χ0) is 21.9. The first-order valence-corrected chi connectivity index (χ1v) is 11.7. The Morgan fingerprint density at radius 1 is 1.20 bits per heavy atom. The molecule has 0 saturated carbocycles. The van der Waals surface area contributed by atoms with Gasteiger partial charge in [-0.25, -0.2) is 13.8 Å². The zero-order valence-corrected chi connectivity index (χ0v) is 18.9. The third kappa shape index (κ3) is 4.82. The number of benzene rings is 1. The lowest BCUT2D eigenvalue weighted by atomic mass is 10.2. The zero-order valence-electron chi connectivity index (χ0n) is 18.1. The highest BCUT2D eigenvalue weighted by Crippen LogP contribution is 2.21. The number of sulfonamides is 1. The fourth-order valence-electron chi connectivity index (χ4n) is 3.70. The Balaban J connectivity index is 1.71. The largest absolute Gasteiger partial charge is 0.348 e. The molecule has 1 aromatic carbocycles. The minimum Gasteiger partial charge on any atom is -0.348 e. The van der Waals surface area contributed by atoms with Gasteiger partial charge in [0, 0.05) is 42.1 Å². The molecule has 0 bridgehead atoms. The van der Waals surface area contributed by atoms with Crippen LogP contribution in [0.3, 0.4) is 0 Å². The first kappa shape index (κ1) is 22.2. The van der Waals surface area contributed by atoms with E-state index in [1.165, 1.54) is 16.4 Å². The van der Waals surface area contributed by atoms with E-state index in [2.05, 4.69) is 35.9 Å². The van der Waals surface area contributed by atoms with E-state index in [1.54, 1.807) is 18.3 Å². The number of hydrogen-bond acceptors (Lipinski definition) is 4. The molecule has 1 aromatic heterocycles. The highest BCUT2D eigenvalue weighted by molar-refractivity contribution is 7.89. The van der Waals surface area contributed by atoms with Crippen LogP contribution in [-0.4, -0.2) is 42.5 Å². The quantitative estimate of drug-likeness (QED) is 0.540. The summed E-state index contributed by atoms with van der Waals surface area (Å²) in [5, 5.41) is 4.08. The molecule has 162 valence electrons. The lowest BCUT2D eigenvalue weighted by molar-refractivity contribution is 0.0955. The maximum atomic E-state index is 12.7. The summed E-state index contributed by atoms with van der Waals surface area (Å²) < 4.78 is 29.1. The minimum absolute atomic E-state index is 0.137. The van der Waals surface area contributed by atoms with Crippen molar-refractivity contribution in [2.75, 3.05) is 13.1 Å². The molecule has 2 aromatic rings. The van der Waals surface area contributed by atoms with Gasteiger partial charge in [0.15, 0.2) is 0 Å². The van der Waals surface area contributed by atoms with Crippen molar-refractivity contribution in [3.05, 3.63) is 52.8 Å². The highest BCUT2D eigenvalue weighted by atomic mass is 32.2. The number of aryl methyl sites for hydroxylation is 1. The van der Waals surface area contributed by atoms with Crippen molar-refractivity contribution in [2.45, 2.75) is 52.0 Å². The van der Waals surface area contributed by atoms with Crippen LogP contribution in [0.25, 0.3) is 0 Å². The number of carbonyl (C=O) groups is 1. The number of hydrazone groups is 1. The third-order valence-corrected chi connectivity index (χ3v) is 7.22. The molecule has 8 heteroatoms. The molecule has 1 saturated heterocycles. The van der Waals surface area contributed by atoms with E-state index in [9.17, 15) is 13.2 Å². The van der Waals surface area contributed by atoms with E-state index in [1.807, 2.05) is 13.0 Å². The van der Waals surface area contributed by atoms with E-state index in [0.717, 1.165) is 36.3 Å². The van der Waals surface area contributed by atoms with Crippen LogP contribution < -0.4 is 5.43 Å². The lowest BCUT2D eigenvalue weighted by Gasteiger charge is -2.15. The van der Waals surface area contributed by atoms with Gasteiger partial charge >= 0.3 is 0 Å². The van der Waals surface area contributed by atoms with Crippen LogP contribution in [0.2, 0.25) is 0 Å². The van der Waals surface area contributed by atoms with E-state index in [4.69, 9.17) is 0 Å². The van der Waals surface area contributed by atoms with Crippen LogP contribution in [0.5, 0.6) is 0 Å². The van der Waals surface area contributed by atoms with E-state index >= 15 is 0 Å². The summed E-state index contributed by atoms with van der Waals surface area (Å²) in [6, 6.07) is 8.14. The lowest BCUT2D eigenvalue weighted by Crippen LogP contribution is -2.28. The second kappa shape index (κ2) is 9.14. The second-order valence-corrected chi connectivity index (χ2v) is 10.1. The Morgan fingerprint density at radius 3 is 2.57 bits per heavy atom. The number of carbonyl (C=O) groups excluding carboxylic acids is 1. The van der Waals surface area contributed by atoms with E-state index in [0.29, 0.717) is 19.0 Å². The van der Waals surface area contributed by atoms with Crippen molar-refractivity contribution < 1.29 is 13.2 Å². The highest BCUT2D eigenvalue weighted by Gasteiger charge is 2.27. The Morgan fingerprint density at radius 2 is 1.90 bits per heavy atom. The van der Waals surface area contributed by atoms with Gasteiger partial charge in [-0.2, -0.15) is 9.41 Å². The van der Waals surface area contributed by atoms with Crippen LogP contribution in [0.15, 0.2) is 40.3 Å². The van der Waals surface area contributed by atoms with E-state index < -0.39 is 15.9 Å². The topological polar surface area (TPSA) is 83.8 Å². The molecule has 0 atom stereocenters. The summed E-state index contributed by atoms with van der Waals surface area (Å²) in [6.45, 7) is 10.4. The number of amides is 1. The average Bonchev–Trinajstić information content (AvgIpc) is 3.33. The van der Waals surface area contributed by atoms with Crippen LogP contribution in [-0.2, 0) is 16.6 Å². The van der Waals surface area contributed by atoms with Crippen molar-refractivity contribution in [3.63, 3.8) is 0 Å². The van der Waals surface area contributed by atoms with Crippen molar-refractivity contribution in [1.29, 1.82) is 0 Å². The standard InChI is InChI=1S/C22H30N4O3S/c1-16(2)15-26-17(3)12-20(18(26)4)14-23-24-22(27)19-8-7-9-21(13-19)30(28,29)25-10-5-6-11-25/h7-9,12-14,16H,5-6,10-11,15H2,1-4H3,(H,24,27)/b23-14+. The summed E-state index contributed by atoms with van der Waals surface area (Å²) in [5.41, 5.74) is 5.95. The van der Waals surface area contributed by atoms with Gasteiger partial charge in [-0.1, -0.05) is 19.9 Å².